The Morgan fingerprint density at radius 2 is 2.08 bits per heavy atom. The number of rotatable bonds is 5. The maximum atomic E-state index is 12.6. The summed E-state index contributed by atoms with van der Waals surface area (Å²) in [6.07, 6.45) is 6.91. The molecule has 0 radical (unpaired) electrons. The zero-order valence-electron chi connectivity index (χ0n) is 14.1. The Morgan fingerprint density at radius 1 is 1.33 bits per heavy atom. The van der Waals surface area contributed by atoms with E-state index < -0.39 is 11.8 Å². The minimum atomic E-state index is -0.799. The van der Waals surface area contributed by atoms with Gasteiger partial charge in [-0.1, -0.05) is 18.9 Å². The van der Waals surface area contributed by atoms with Crippen molar-refractivity contribution in [1.82, 2.24) is 20.6 Å². The summed E-state index contributed by atoms with van der Waals surface area (Å²) < 4.78 is 0. The smallest absolute Gasteiger partial charge is 0.251 e. The first-order valence-electron chi connectivity index (χ1n) is 8.42. The number of nitrogens with one attached hydrogen (secondary N) is 2. The van der Waals surface area contributed by atoms with Crippen molar-refractivity contribution in [2.24, 2.45) is 0 Å². The zero-order valence-corrected chi connectivity index (χ0v) is 14.1. The highest BCUT2D eigenvalue weighted by molar-refractivity contribution is 5.98. The van der Waals surface area contributed by atoms with Crippen molar-refractivity contribution in [3.63, 3.8) is 0 Å². The molecule has 0 saturated heterocycles. The van der Waals surface area contributed by atoms with Crippen molar-refractivity contribution in [1.29, 1.82) is 0 Å². The second-order valence-corrected chi connectivity index (χ2v) is 7.02. The Kier molecular flexibility index (Phi) is 4.78. The molecule has 6 nitrogen and oxygen atoms in total. The van der Waals surface area contributed by atoms with Gasteiger partial charge in [0, 0.05) is 23.2 Å². The number of carbonyl (C=O) groups is 1. The number of nitrogens with zero attached hydrogens (tertiary/aromatic N) is 2. The first-order valence-corrected chi connectivity index (χ1v) is 8.42. The van der Waals surface area contributed by atoms with Crippen LogP contribution in [0.3, 0.4) is 0 Å². The molecule has 1 aliphatic rings. The Labute approximate surface area is 141 Å². The molecule has 1 aromatic carbocycles. The van der Waals surface area contributed by atoms with Gasteiger partial charge in [-0.25, -0.2) is 9.97 Å². The van der Waals surface area contributed by atoms with Crippen molar-refractivity contribution < 1.29 is 9.90 Å². The molecule has 6 heteroatoms. The second kappa shape index (κ2) is 6.83. The SMILES string of the molecule is CC(C)(NC(=O)c1ccc2cncnc2c1)C(O)NC1CCCC1. The van der Waals surface area contributed by atoms with Crippen molar-refractivity contribution in [2.45, 2.75) is 57.3 Å². The van der Waals surface area contributed by atoms with Gasteiger partial charge in [-0.05, 0) is 38.8 Å². The number of carbonyl (C=O) groups excluding carboxylic acids is 1. The average molecular weight is 328 g/mol. The summed E-state index contributed by atoms with van der Waals surface area (Å²) in [6, 6.07) is 5.63. The average Bonchev–Trinajstić information content (AvgIpc) is 3.07. The van der Waals surface area contributed by atoms with E-state index in [0.717, 1.165) is 23.7 Å². The van der Waals surface area contributed by atoms with Crippen LogP contribution in [0.1, 0.15) is 49.9 Å². The molecule has 0 aliphatic heterocycles. The highest BCUT2D eigenvalue weighted by Crippen LogP contribution is 2.20. The van der Waals surface area contributed by atoms with Crippen LogP contribution >= 0.6 is 0 Å². The van der Waals surface area contributed by atoms with E-state index in [9.17, 15) is 9.90 Å². The lowest BCUT2D eigenvalue weighted by Gasteiger charge is -2.34. The largest absolute Gasteiger partial charge is 0.376 e. The molecule has 1 saturated carbocycles. The quantitative estimate of drug-likeness (QED) is 0.731. The van der Waals surface area contributed by atoms with Crippen molar-refractivity contribution in [3.05, 3.63) is 36.3 Å². The monoisotopic (exact) mass is 328 g/mol. The van der Waals surface area contributed by atoms with E-state index in [2.05, 4.69) is 20.6 Å². The van der Waals surface area contributed by atoms with E-state index in [0.29, 0.717) is 11.6 Å². The maximum Gasteiger partial charge on any atom is 0.251 e. The summed E-state index contributed by atoms with van der Waals surface area (Å²) >= 11 is 0. The van der Waals surface area contributed by atoms with Gasteiger partial charge in [-0.15, -0.1) is 0 Å². The fourth-order valence-electron chi connectivity index (χ4n) is 3.07. The Bertz CT molecular complexity index is 726. The van der Waals surface area contributed by atoms with Gasteiger partial charge in [0.1, 0.15) is 12.6 Å². The number of aliphatic hydroxyl groups is 1. The molecule has 1 fully saturated rings. The number of hydrogen-bond donors (Lipinski definition) is 3. The molecule has 0 bridgehead atoms. The van der Waals surface area contributed by atoms with Gasteiger partial charge in [0.25, 0.3) is 5.91 Å². The lowest BCUT2D eigenvalue weighted by Crippen LogP contribution is -2.59. The number of hydrogen-bond acceptors (Lipinski definition) is 5. The lowest BCUT2D eigenvalue weighted by atomic mass is 10.0. The van der Waals surface area contributed by atoms with Crippen LogP contribution in [0.15, 0.2) is 30.7 Å². The number of amides is 1. The molecule has 3 N–H and O–H groups in total. The van der Waals surface area contributed by atoms with E-state index in [1.165, 1.54) is 19.2 Å². The van der Waals surface area contributed by atoms with Gasteiger partial charge >= 0.3 is 0 Å². The van der Waals surface area contributed by atoms with Crippen LogP contribution in [0.2, 0.25) is 0 Å². The van der Waals surface area contributed by atoms with Crippen LogP contribution in [-0.4, -0.2) is 38.8 Å². The molecule has 2 aromatic rings. The molecule has 0 spiro atoms. The Hall–Kier alpha value is -2.05. The molecule has 3 rings (SSSR count). The second-order valence-electron chi connectivity index (χ2n) is 7.02. The first kappa shape index (κ1) is 16.8. The summed E-state index contributed by atoms with van der Waals surface area (Å²) in [5.41, 5.74) is 0.461. The molecule has 128 valence electrons. The predicted molar refractivity (Wildman–Crippen MR) is 92.5 cm³/mol. The van der Waals surface area contributed by atoms with Crippen LogP contribution in [0.4, 0.5) is 0 Å². The van der Waals surface area contributed by atoms with Crippen molar-refractivity contribution >= 4 is 16.8 Å². The fourth-order valence-corrected chi connectivity index (χ4v) is 3.07. The van der Waals surface area contributed by atoms with Gasteiger partial charge < -0.3 is 10.4 Å². The minimum Gasteiger partial charge on any atom is -0.376 e. The molecule has 1 unspecified atom stereocenters. The predicted octanol–water partition coefficient (Wildman–Crippen LogP) is 1.99. The Morgan fingerprint density at radius 3 is 2.83 bits per heavy atom. The first-order chi connectivity index (χ1) is 11.5. The maximum absolute atomic E-state index is 12.6. The van der Waals surface area contributed by atoms with E-state index in [-0.39, 0.29) is 5.91 Å². The van der Waals surface area contributed by atoms with Crippen molar-refractivity contribution in [3.8, 4) is 0 Å². The van der Waals surface area contributed by atoms with E-state index in [1.807, 2.05) is 19.9 Å². The van der Waals surface area contributed by atoms with Crippen LogP contribution in [0, 0.1) is 0 Å². The lowest BCUT2D eigenvalue weighted by molar-refractivity contribution is 0.0370. The molecular formula is C18H24N4O2. The van der Waals surface area contributed by atoms with Crippen LogP contribution < -0.4 is 10.6 Å². The van der Waals surface area contributed by atoms with Crippen molar-refractivity contribution in [2.75, 3.05) is 0 Å². The fraction of sp³-hybridized carbons (Fsp3) is 0.500. The summed E-state index contributed by atoms with van der Waals surface area (Å²) in [5, 5.41) is 17.5. The van der Waals surface area contributed by atoms with E-state index in [1.54, 1.807) is 18.3 Å². The number of fused-ring (bicyclic) bond motifs is 1. The van der Waals surface area contributed by atoms with Gasteiger partial charge in [0.2, 0.25) is 0 Å². The normalized spacial score (nSPS) is 17.1. The summed E-state index contributed by atoms with van der Waals surface area (Å²) in [4.78, 5) is 20.7. The van der Waals surface area contributed by atoms with Gasteiger partial charge in [0.05, 0.1) is 11.1 Å². The molecule has 1 amide bonds. The Balaban J connectivity index is 1.69. The van der Waals surface area contributed by atoms with Gasteiger partial charge in [0.15, 0.2) is 0 Å². The van der Waals surface area contributed by atoms with Crippen LogP contribution in [0.5, 0.6) is 0 Å². The van der Waals surface area contributed by atoms with E-state index in [4.69, 9.17) is 0 Å². The minimum absolute atomic E-state index is 0.229. The molecule has 1 atom stereocenters. The van der Waals surface area contributed by atoms with Gasteiger partial charge in [-0.3, -0.25) is 10.1 Å². The third-order valence-electron chi connectivity index (χ3n) is 4.64. The highest BCUT2D eigenvalue weighted by Gasteiger charge is 2.32. The highest BCUT2D eigenvalue weighted by atomic mass is 16.3. The summed E-state index contributed by atoms with van der Waals surface area (Å²) in [5.74, 6) is -0.229. The molecular weight excluding hydrogens is 304 g/mol. The molecule has 24 heavy (non-hydrogen) atoms. The standard InChI is InChI=1S/C18H24N4O2/c1-18(2,17(24)21-14-5-3-4-6-14)22-16(23)12-7-8-13-10-19-11-20-15(13)9-12/h7-11,14,17,21,24H,3-6H2,1-2H3,(H,22,23). The molecule has 1 heterocycles. The van der Waals surface area contributed by atoms with E-state index >= 15 is 0 Å². The third-order valence-corrected chi connectivity index (χ3v) is 4.64. The number of aromatic nitrogens is 2. The summed E-state index contributed by atoms with van der Waals surface area (Å²) in [7, 11) is 0. The molecule has 1 aliphatic carbocycles. The third kappa shape index (κ3) is 3.71. The topological polar surface area (TPSA) is 87.1 Å². The van der Waals surface area contributed by atoms with Crippen LogP contribution in [-0.2, 0) is 0 Å². The van der Waals surface area contributed by atoms with Gasteiger partial charge in [-0.2, -0.15) is 0 Å². The van der Waals surface area contributed by atoms with Crippen LogP contribution in [0.25, 0.3) is 10.9 Å². The number of aliphatic hydroxyl groups excluding tert-OH is 1. The summed E-state index contributed by atoms with van der Waals surface area (Å²) in [6.45, 7) is 3.64. The molecule has 1 aromatic heterocycles. The zero-order chi connectivity index (χ0) is 17.2. The number of benzene rings is 1.